The van der Waals surface area contributed by atoms with E-state index in [-0.39, 0.29) is 4.90 Å². The van der Waals surface area contributed by atoms with Gasteiger partial charge in [-0.05, 0) is 46.9 Å². The molecule has 0 aliphatic heterocycles. The molecular weight excluding hydrogens is 289 g/mol. The first-order chi connectivity index (χ1) is 5.56. The highest BCUT2D eigenvalue weighted by molar-refractivity contribution is 14.1. The Balaban J connectivity index is 3.26. The van der Waals surface area contributed by atoms with Gasteiger partial charge in [-0.2, -0.15) is 5.26 Å². The highest BCUT2D eigenvalue weighted by Gasteiger charge is 2.11. The lowest BCUT2D eigenvalue weighted by atomic mass is 10.4. The molecule has 0 N–H and O–H groups in total. The lowest BCUT2D eigenvalue weighted by Gasteiger charge is -1.93. The van der Waals surface area contributed by atoms with Crippen LogP contribution in [0, 0.1) is 14.2 Å². The Kier molecular flexibility index (Phi) is 2.69. The summed E-state index contributed by atoms with van der Waals surface area (Å²) in [5.74, 6) is 0. The van der Waals surface area contributed by atoms with Gasteiger partial charge in [-0.1, -0.05) is 0 Å². The molecule has 5 heteroatoms. The summed E-state index contributed by atoms with van der Waals surface area (Å²) in [5.41, 5.74) is 0. The molecule has 0 aromatic heterocycles. The van der Waals surface area contributed by atoms with Crippen molar-refractivity contribution < 1.29 is 8.42 Å². The molecule has 1 rings (SSSR count). The number of benzene rings is 1. The highest BCUT2D eigenvalue weighted by Crippen LogP contribution is 2.12. The fourth-order valence-electron chi connectivity index (χ4n) is 0.666. The number of rotatable bonds is 1. The van der Waals surface area contributed by atoms with E-state index in [0.717, 1.165) is 3.57 Å². The molecule has 0 radical (unpaired) electrons. The zero-order valence-corrected chi connectivity index (χ0v) is 8.83. The molecule has 62 valence electrons. The van der Waals surface area contributed by atoms with E-state index < -0.39 is 9.84 Å². The predicted molar refractivity (Wildman–Crippen MR) is 52.0 cm³/mol. The zero-order valence-electron chi connectivity index (χ0n) is 5.86. The van der Waals surface area contributed by atoms with Gasteiger partial charge in [0.05, 0.1) is 4.90 Å². The molecule has 0 bridgehead atoms. The van der Waals surface area contributed by atoms with E-state index in [4.69, 9.17) is 5.26 Å². The number of sulfone groups is 1. The molecule has 1 aromatic carbocycles. The van der Waals surface area contributed by atoms with Crippen LogP contribution >= 0.6 is 22.6 Å². The maximum absolute atomic E-state index is 10.9. The lowest BCUT2D eigenvalue weighted by molar-refractivity contribution is 0.605. The van der Waals surface area contributed by atoms with Gasteiger partial charge in [-0.15, -0.1) is 0 Å². The first-order valence-electron chi connectivity index (χ1n) is 2.98. The van der Waals surface area contributed by atoms with Crippen molar-refractivity contribution in [1.29, 1.82) is 5.26 Å². The molecule has 12 heavy (non-hydrogen) atoms. The van der Waals surface area contributed by atoms with Crippen LogP contribution < -0.4 is 0 Å². The minimum Gasteiger partial charge on any atom is -0.208 e. The van der Waals surface area contributed by atoms with Crippen molar-refractivity contribution in [3.63, 3.8) is 0 Å². The minimum absolute atomic E-state index is 0.0467. The summed E-state index contributed by atoms with van der Waals surface area (Å²) in [4.78, 5) is 0.0467. The van der Waals surface area contributed by atoms with E-state index in [0.29, 0.717) is 0 Å². The average Bonchev–Trinajstić information content (AvgIpc) is 2.05. The second-order valence-electron chi connectivity index (χ2n) is 2.05. The van der Waals surface area contributed by atoms with E-state index >= 15 is 0 Å². The third kappa shape index (κ3) is 1.95. The topological polar surface area (TPSA) is 57.9 Å². The molecule has 0 saturated heterocycles. The van der Waals surface area contributed by atoms with E-state index in [1.165, 1.54) is 17.5 Å². The molecule has 3 nitrogen and oxygen atoms in total. The predicted octanol–water partition coefficient (Wildman–Crippen LogP) is 1.55. The minimum atomic E-state index is -3.71. The van der Waals surface area contributed by atoms with Crippen LogP contribution in [-0.2, 0) is 9.84 Å². The van der Waals surface area contributed by atoms with Crippen molar-refractivity contribution in [1.82, 2.24) is 0 Å². The number of nitriles is 1. The van der Waals surface area contributed by atoms with Gasteiger partial charge in [0.15, 0.2) is 5.40 Å². The fourth-order valence-corrected chi connectivity index (χ4v) is 1.63. The molecule has 1 aromatic rings. The van der Waals surface area contributed by atoms with Crippen molar-refractivity contribution in [3.8, 4) is 5.40 Å². The molecule has 0 atom stereocenters. The SMILES string of the molecule is N#CS(=O)(=O)c1ccc(I)cc1. The van der Waals surface area contributed by atoms with Gasteiger partial charge >= 0.3 is 0 Å². The highest BCUT2D eigenvalue weighted by atomic mass is 127. The van der Waals surface area contributed by atoms with Crippen LogP contribution in [-0.4, -0.2) is 8.42 Å². The van der Waals surface area contributed by atoms with Gasteiger partial charge in [0, 0.05) is 3.57 Å². The Labute approximate surface area is 84.1 Å². The Morgan fingerprint density at radius 1 is 1.25 bits per heavy atom. The van der Waals surface area contributed by atoms with Crippen molar-refractivity contribution >= 4 is 32.4 Å². The van der Waals surface area contributed by atoms with Crippen LogP contribution in [0.2, 0.25) is 0 Å². The fraction of sp³-hybridized carbons (Fsp3) is 0. The summed E-state index contributed by atoms with van der Waals surface area (Å²) < 4.78 is 22.8. The molecular formula is C7H4INO2S. The number of hydrogen-bond donors (Lipinski definition) is 0. The van der Waals surface area contributed by atoms with Crippen LogP contribution in [0.25, 0.3) is 0 Å². The van der Waals surface area contributed by atoms with E-state index in [1.54, 1.807) is 12.1 Å². The Bertz CT molecular complexity index is 416. The standard InChI is InChI=1S/C7H4INO2S/c8-6-1-3-7(4-2-6)12(10,11)5-9/h1-4H. The normalized spacial score (nSPS) is 10.7. The van der Waals surface area contributed by atoms with Crippen LogP contribution in [0.3, 0.4) is 0 Å². The number of halogens is 1. The lowest BCUT2D eigenvalue weighted by Crippen LogP contribution is -1.95. The van der Waals surface area contributed by atoms with Crippen molar-refractivity contribution in [2.45, 2.75) is 4.90 Å². The number of nitrogens with zero attached hydrogens (tertiary/aromatic N) is 1. The summed E-state index contributed by atoms with van der Waals surface area (Å²) in [6.45, 7) is 0. The van der Waals surface area contributed by atoms with Gasteiger partial charge in [0.2, 0.25) is 0 Å². The van der Waals surface area contributed by atoms with Gasteiger partial charge in [-0.25, -0.2) is 8.42 Å². The summed E-state index contributed by atoms with van der Waals surface area (Å²) in [7, 11) is -3.71. The van der Waals surface area contributed by atoms with Gasteiger partial charge in [0.25, 0.3) is 9.84 Å². The second kappa shape index (κ2) is 3.41. The molecule has 0 amide bonds. The Hall–Kier alpha value is -0.610. The largest absolute Gasteiger partial charge is 0.269 e. The maximum atomic E-state index is 10.9. The van der Waals surface area contributed by atoms with Crippen LogP contribution in [0.5, 0.6) is 0 Å². The van der Waals surface area contributed by atoms with E-state index in [1.807, 2.05) is 0 Å². The molecule has 0 aliphatic carbocycles. The summed E-state index contributed by atoms with van der Waals surface area (Å²) in [6.07, 6.45) is 0. The van der Waals surface area contributed by atoms with E-state index in [2.05, 4.69) is 22.6 Å². The second-order valence-corrected chi connectivity index (χ2v) is 4.96. The number of hydrogen-bond acceptors (Lipinski definition) is 3. The third-order valence-corrected chi connectivity index (χ3v) is 3.10. The van der Waals surface area contributed by atoms with Crippen molar-refractivity contribution in [2.24, 2.45) is 0 Å². The molecule has 0 unspecified atom stereocenters. The maximum Gasteiger partial charge on any atom is 0.269 e. The number of thiocyanates is 1. The van der Waals surface area contributed by atoms with Gasteiger partial charge in [-0.3, -0.25) is 0 Å². The average molecular weight is 293 g/mol. The summed E-state index contributed by atoms with van der Waals surface area (Å²) in [5, 5.41) is 9.52. The molecule has 0 fully saturated rings. The van der Waals surface area contributed by atoms with Crippen LogP contribution in [0.1, 0.15) is 0 Å². The summed E-state index contributed by atoms with van der Waals surface area (Å²) in [6, 6.07) is 6.12. The molecule has 0 saturated carbocycles. The van der Waals surface area contributed by atoms with Crippen molar-refractivity contribution in [3.05, 3.63) is 27.8 Å². The van der Waals surface area contributed by atoms with Gasteiger partial charge in [0.1, 0.15) is 0 Å². The third-order valence-electron chi connectivity index (χ3n) is 1.24. The summed E-state index contributed by atoms with van der Waals surface area (Å²) >= 11 is 2.06. The van der Waals surface area contributed by atoms with Gasteiger partial charge < -0.3 is 0 Å². The van der Waals surface area contributed by atoms with E-state index in [9.17, 15) is 8.42 Å². The monoisotopic (exact) mass is 293 g/mol. The Morgan fingerprint density at radius 3 is 2.17 bits per heavy atom. The zero-order chi connectivity index (χ0) is 9.19. The molecule has 0 spiro atoms. The first-order valence-corrected chi connectivity index (χ1v) is 5.54. The molecule has 0 aliphatic rings. The first kappa shape index (κ1) is 9.48. The molecule has 0 heterocycles. The van der Waals surface area contributed by atoms with Crippen LogP contribution in [0.4, 0.5) is 0 Å². The van der Waals surface area contributed by atoms with Crippen LogP contribution in [0.15, 0.2) is 29.2 Å². The quantitative estimate of drug-likeness (QED) is 0.448. The smallest absolute Gasteiger partial charge is 0.208 e. The Morgan fingerprint density at radius 2 is 1.75 bits per heavy atom. The van der Waals surface area contributed by atoms with Crippen molar-refractivity contribution in [2.75, 3.05) is 0 Å².